The van der Waals surface area contributed by atoms with Gasteiger partial charge in [-0.05, 0) is 37.1 Å². The zero-order valence-corrected chi connectivity index (χ0v) is 17.9. The molecular formula is C20H21Cl3N2O3. The van der Waals surface area contributed by atoms with Gasteiger partial charge in [-0.25, -0.2) is 0 Å². The van der Waals surface area contributed by atoms with Crippen molar-refractivity contribution in [3.63, 3.8) is 0 Å². The number of ether oxygens (including phenoxy) is 2. The standard InChI is InChI=1S/C20H21Cl3N2O3/c1-12-17(21)13(2)19(23)20(18(12)22)28-11-16(26)24-14-5-3-4-6-15(14)25-7-9-27-10-8-25/h3-6H,7-11H2,1-2H3,(H,24,26). The Morgan fingerprint density at radius 1 is 1.07 bits per heavy atom. The Bertz CT molecular complexity index is 854. The quantitative estimate of drug-likeness (QED) is 0.697. The van der Waals surface area contributed by atoms with E-state index in [9.17, 15) is 4.79 Å². The molecule has 1 aliphatic rings. The van der Waals surface area contributed by atoms with Crippen molar-refractivity contribution in [3.05, 3.63) is 50.5 Å². The first kappa shape index (κ1) is 21.1. The van der Waals surface area contributed by atoms with Gasteiger partial charge >= 0.3 is 0 Å². The number of halogens is 3. The molecule has 1 amide bonds. The SMILES string of the molecule is Cc1c(Cl)c(C)c(Cl)c(OCC(=O)Nc2ccccc2N2CCOCC2)c1Cl. The van der Waals surface area contributed by atoms with E-state index in [0.717, 1.165) is 24.5 Å². The number of carbonyl (C=O) groups excluding carboxylic acids is 1. The lowest BCUT2D eigenvalue weighted by atomic mass is 10.1. The molecule has 150 valence electrons. The Balaban J connectivity index is 1.71. The van der Waals surface area contributed by atoms with Gasteiger partial charge in [0, 0.05) is 18.1 Å². The van der Waals surface area contributed by atoms with Gasteiger partial charge < -0.3 is 19.7 Å². The van der Waals surface area contributed by atoms with Crippen molar-refractivity contribution < 1.29 is 14.3 Å². The van der Waals surface area contributed by atoms with E-state index in [1.165, 1.54) is 0 Å². The first-order valence-electron chi connectivity index (χ1n) is 8.88. The van der Waals surface area contributed by atoms with Gasteiger partial charge in [0.2, 0.25) is 0 Å². The highest BCUT2D eigenvalue weighted by atomic mass is 35.5. The fourth-order valence-electron chi connectivity index (χ4n) is 3.02. The van der Waals surface area contributed by atoms with Crippen molar-refractivity contribution in [1.29, 1.82) is 0 Å². The zero-order valence-electron chi connectivity index (χ0n) is 15.7. The van der Waals surface area contributed by atoms with Gasteiger partial charge in [-0.2, -0.15) is 0 Å². The van der Waals surface area contributed by atoms with Crippen LogP contribution in [0.5, 0.6) is 5.75 Å². The molecule has 2 aromatic carbocycles. The summed E-state index contributed by atoms with van der Waals surface area (Å²) in [6, 6.07) is 7.65. The van der Waals surface area contributed by atoms with Crippen LogP contribution >= 0.6 is 34.8 Å². The van der Waals surface area contributed by atoms with Crippen molar-refractivity contribution in [2.45, 2.75) is 13.8 Å². The van der Waals surface area contributed by atoms with Crippen LogP contribution in [0.4, 0.5) is 11.4 Å². The highest BCUT2D eigenvalue weighted by molar-refractivity contribution is 6.42. The minimum atomic E-state index is -0.307. The molecule has 1 N–H and O–H groups in total. The smallest absolute Gasteiger partial charge is 0.262 e. The van der Waals surface area contributed by atoms with Crippen LogP contribution in [0.15, 0.2) is 24.3 Å². The Kier molecular flexibility index (Phi) is 6.94. The topological polar surface area (TPSA) is 50.8 Å². The number of carbonyl (C=O) groups is 1. The van der Waals surface area contributed by atoms with Crippen LogP contribution in [0.25, 0.3) is 0 Å². The number of hydrogen-bond acceptors (Lipinski definition) is 4. The molecular weight excluding hydrogens is 423 g/mol. The number of nitrogens with one attached hydrogen (secondary N) is 1. The number of hydrogen-bond donors (Lipinski definition) is 1. The first-order valence-corrected chi connectivity index (χ1v) is 10.0. The molecule has 0 aliphatic carbocycles. The second-order valence-corrected chi connectivity index (χ2v) is 7.61. The Morgan fingerprint density at radius 3 is 2.32 bits per heavy atom. The maximum Gasteiger partial charge on any atom is 0.262 e. The van der Waals surface area contributed by atoms with Gasteiger partial charge in [-0.3, -0.25) is 4.79 Å². The maximum atomic E-state index is 12.5. The fraction of sp³-hybridized carbons (Fsp3) is 0.350. The predicted octanol–water partition coefficient (Wildman–Crippen LogP) is 5.12. The molecule has 1 aliphatic heterocycles. The summed E-state index contributed by atoms with van der Waals surface area (Å²) in [6.45, 7) is 6.21. The Labute approximate surface area is 179 Å². The van der Waals surface area contributed by atoms with Crippen molar-refractivity contribution in [2.24, 2.45) is 0 Å². The summed E-state index contributed by atoms with van der Waals surface area (Å²) < 4.78 is 11.0. The van der Waals surface area contributed by atoms with Crippen LogP contribution in [-0.2, 0) is 9.53 Å². The number of rotatable bonds is 5. The van der Waals surface area contributed by atoms with Crippen molar-refractivity contribution >= 4 is 52.1 Å². The number of amides is 1. The Morgan fingerprint density at radius 2 is 1.68 bits per heavy atom. The van der Waals surface area contributed by atoms with Crippen LogP contribution in [0.3, 0.4) is 0 Å². The summed E-state index contributed by atoms with van der Waals surface area (Å²) >= 11 is 18.8. The number of anilines is 2. The van der Waals surface area contributed by atoms with Crippen LogP contribution in [0, 0.1) is 13.8 Å². The molecule has 0 saturated carbocycles. The van der Waals surface area contributed by atoms with Gasteiger partial charge in [0.05, 0.1) is 34.6 Å². The molecule has 1 fully saturated rings. The van der Waals surface area contributed by atoms with Crippen molar-refractivity contribution in [2.75, 3.05) is 43.1 Å². The predicted molar refractivity (Wildman–Crippen MR) is 115 cm³/mol. The normalized spacial score (nSPS) is 14.1. The largest absolute Gasteiger partial charge is 0.481 e. The summed E-state index contributed by atoms with van der Waals surface area (Å²) in [7, 11) is 0. The lowest BCUT2D eigenvalue weighted by Crippen LogP contribution is -2.37. The zero-order chi connectivity index (χ0) is 20.3. The average Bonchev–Trinajstić information content (AvgIpc) is 2.72. The lowest BCUT2D eigenvalue weighted by Gasteiger charge is -2.30. The lowest BCUT2D eigenvalue weighted by molar-refractivity contribution is -0.118. The van der Waals surface area contributed by atoms with Crippen LogP contribution in [-0.4, -0.2) is 38.8 Å². The maximum absolute atomic E-state index is 12.5. The molecule has 28 heavy (non-hydrogen) atoms. The highest BCUT2D eigenvalue weighted by Gasteiger charge is 2.20. The number of nitrogens with zero attached hydrogens (tertiary/aromatic N) is 1. The molecule has 0 spiro atoms. The minimum absolute atomic E-state index is 0.225. The van der Waals surface area contributed by atoms with E-state index in [2.05, 4.69) is 10.2 Å². The van der Waals surface area contributed by atoms with E-state index >= 15 is 0 Å². The van der Waals surface area contributed by atoms with E-state index in [1.807, 2.05) is 24.3 Å². The summed E-state index contributed by atoms with van der Waals surface area (Å²) in [4.78, 5) is 14.7. The second kappa shape index (κ2) is 9.23. The second-order valence-electron chi connectivity index (χ2n) is 6.47. The van der Waals surface area contributed by atoms with E-state index in [4.69, 9.17) is 44.3 Å². The van der Waals surface area contributed by atoms with Crippen LogP contribution in [0.2, 0.25) is 15.1 Å². The molecule has 0 unspecified atom stereocenters. The van der Waals surface area contributed by atoms with Crippen molar-refractivity contribution in [1.82, 2.24) is 0 Å². The first-order chi connectivity index (χ1) is 13.4. The molecule has 5 nitrogen and oxygen atoms in total. The number of morpholine rings is 1. The van der Waals surface area contributed by atoms with Gasteiger partial charge in [-0.1, -0.05) is 46.9 Å². The molecule has 0 aromatic heterocycles. The van der Waals surface area contributed by atoms with Crippen molar-refractivity contribution in [3.8, 4) is 5.75 Å². The molecule has 3 rings (SSSR count). The number of benzene rings is 2. The van der Waals surface area contributed by atoms with E-state index in [-0.39, 0.29) is 18.3 Å². The molecule has 1 saturated heterocycles. The van der Waals surface area contributed by atoms with E-state index < -0.39 is 0 Å². The van der Waals surface area contributed by atoms with Gasteiger partial charge in [0.1, 0.15) is 0 Å². The number of para-hydroxylation sites is 2. The van der Waals surface area contributed by atoms with Gasteiger partial charge in [-0.15, -0.1) is 0 Å². The summed E-state index contributed by atoms with van der Waals surface area (Å²) in [6.07, 6.45) is 0. The third kappa shape index (κ3) is 4.49. The molecule has 8 heteroatoms. The Hall–Kier alpha value is -1.66. The van der Waals surface area contributed by atoms with Crippen LogP contribution < -0.4 is 15.0 Å². The molecule has 2 aromatic rings. The van der Waals surface area contributed by atoms with E-state index in [1.54, 1.807) is 13.8 Å². The minimum Gasteiger partial charge on any atom is -0.481 e. The van der Waals surface area contributed by atoms with Gasteiger partial charge in [0.15, 0.2) is 12.4 Å². The molecule has 1 heterocycles. The summed E-state index contributed by atoms with van der Waals surface area (Å²) in [5, 5.41) is 4.01. The highest BCUT2D eigenvalue weighted by Crippen LogP contribution is 2.42. The molecule has 0 radical (unpaired) electrons. The van der Waals surface area contributed by atoms with E-state index in [0.29, 0.717) is 39.4 Å². The summed E-state index contributed by atoms with van der Waals surface area (Å²) in [5.41, 5.74) is 3.00. The van der Waals surface area contributed by atoms with Crippen LogP contribution in [0.1, 0.15) is 11.1 Å². The molecule has 0 bridgehead atoms. The third-order valence-electron chi connectivity index (χ3n) is 4.59. The summed E-state index contributed by atoms with van der Waals surface area (Å²) in [5.74, 6) is -0.0440. The molecule has 0 atom stereocenters. The van der Waals surface area contributed by atoms with Gasteiger partial charge in [0.25, 0.3) is 5.91 Å². The third-order valence-corrected chi connectivity index (χ3v) is 6.07. The fourth-order valence-corrected chi connectivity index (χ4v) is 3.84. The monoisotopic (exact) mass is 442 g/mol. The average molecular weight is 444 g/mol.